The average Bonchev–Trinajstić information content (AvgIpc) is 2.92. The molecule has 20 heavy (non-hydrogen) atoms. The Morgan fingerprint density at radius 3 is 2.60 bits per heavy atom. The van der Waals surface area contributed by atoms with Gasteiger partial charge in [-0.25, -0.2) is 0 Å². The summed E-state index contributed by atoms with van der Waals surface area (Å²) in [5.74, 6) is 0. The van der Waals surface area contributed by atoms with Gasteiger partial charge in [0.1, 0.15) is 0 Å². The van der Waals surface area contributed by atoms with Crippen LogP contribution in [0.5, 0.6) is 0 Å². The number of hydrogen-bond donors (Lipinski definition) is 1. The first-order chi connectivity index (χ1) is 9.25. The molecule has 1 aromatic carbocycles. The lowest BCUT2D eigenvalue weighted by atomic mass is 10.2. The Bertz CT molecular complexity index is 703. The summed E-state index contributed by atoms with van der Waals surface area (Å²) in [4.78, 5) is 17.9. The molecule has 0 atom stereocenters. The Labute approximate surface area is 128 Å². The molecule has 2 aromatic rings. The lowest BCUT2D eigenvalue weighted by Gasteiger charge is -2.15. The molecule has 108 valence electrons. The van der Waals surface area contributed by atoms with Crippen LogP contribution < -0.4 is 5.56 Å². The number of aromatic amines is 1. The van der Waals surface area contributed by atoms with E-state index in [1.807, 2.05) is 24.3 Å². The Balaban J connectivity index is 0.00000147. The van der Waals surface area contributed by atoms with Crippen molar-refractivity contribution in [3.63, 3.8) is 0 Å². The zero-order valence-corrected chi connectivity index (χ0v) is 12.8. The largest absolute Gasteiger partial charge is 0.332 e. The van der Waals surface area contributed by atoms with Crippen LogP contribution in [0.4, 0.5) is 0 Å². The van der Waals surface area contributed by atoms with Gasteiger partial charge in [0.15, 0.2) is 4.77 Å². The minimum absolute atomic E-state index is 0. The minimum Gasteiger partial charge on any atom is -0.332 e. The van der Waals surface area contributed by atoms with Crippen molar-refractivity contribution in [3.05, 3.63) is 39.4 Å². The van der Waals surface area contributed by atoms with Crippen molar-refractivity contribution in [2.24, 2.45) is 0 Å². The minimum atomic E-state index is 0. The second-order valence-corrected chi connectivity index (χ2v) is 5.37. The molecule has 3 rings (SSSR count). The van der Waals surface area contributed by atoms with Gasteiger partial charge in [-0.3, -0.25) is 9.36 Å². The lowest BCUT2D eigenvalue weighted by molar-refractivity contribution is 0.319. The molecule has 0 bridgehead atoms. The number of rotatable bonds is 3. The summed E-state index contributed by atoms with van der Waals surface area (Å²) in [6, 6.07) is 7.51. The molecule has 0 aliphatic carbocycles. The number of nitrogens with one attached hydrogen (secondary N) is 1. The monoisotopic (exact) mass is 311 g/mol. The second kappa shape index (κ2) is 6.52. The van der Waals surface area contributed by atoms with Crippen molar-refractivity contribution in [3.8, 4) is 0 Å². The van der Waals surface area contributed by atoms with E-state index >= 15 is 0 Å². The first-order valence-electron chi connectivity index (χ1n) is 6.70. The molecular weight excluding hydrogens is 294 g/mol. The molecule has 6 heteroatoms. The van der Waals surface area contributed by atoms with E-state index in [1.54, 1.807) is 4.57 Å². The Hall–Kier alpha value is -1.17. The lowest BCUT2D eigenvalue weighted by Crippen LogP contribution is -2.30. The molecule has 1 aliphatic rings. The van der Waals surface area contributed by atoms with Crippen molar-refractivity contribution in [2.75, 3.05) is 19.6 Å². The van der Waals surface area contributed by atoms with Crippen LogP contribution in [0.15, 0.2) is 29.1 Å². The number of H-pyrrole nitrogens is 1. The fraction of sp³-hybridized carbons (Fsp3) is 0.429. The van der Waals surface area contributed by atoms with E-state index in [9.17, 15) is 4.79 Å². The van der Waals surface area contributed by atoms with E-state index in [0.717, 1.165) is 25.2 Å². The average molecular weight is 312 g/mol. The maximum Gasteiger partial charge on any atom is 0.262 e. The van der Waals surface area contributed by atoms with E-state index in [4.69, 9.17) is 12.2 Å². The first kappa shape index (κ1) is 15.2. The molecule has 1 aromatic heterocycles. The summed E-state index contributed by atoms with van der Waals surface area (Å²) in [6.07, 6.45) is 2.53. The van der Waals surface area contributed by atoms with Crippen LogP contribution in [-0.4, -0.2) is 34.1 Å². The number of para-hydroxylation sites is 1. The number of nitrogens with zero attached hydrogens (tertiary/aromatic N) is 2. The van der Waals surface area contributed by atoms with E-state index in [1.165, 1.54) is 12.8 Å². The van der Waals surface area contributed by atoms with E-state index in [-0.39, 0.29) is 18.0 Å². The van der Waals surface area contributed by atoms with Crippen molar-refractivity contribution in [1.82, 2.24) is 14.5 Å². The number of halogens is 1. The summed E-state index contributed by atoms with van der Waals surface area (Å²) < 4.78 is 2.19. The van der Waals surface area contributed by atoms with Gasteiger partial charge in [0.05, 0.1) is 10.9 Å². The summed E-state index contributed by atoms with van der Waals surface area (Å²) in [6.45, 7) is 3.84. The molecule has 0 radical (unpaired) electrons. The zero-order chi connectivity index (χ0) is 13.2. The van der Waals surface area contributed by atoms with Gasteiger partial charge >= 0.3 is 0 Å². The highest BCUT2D eigenvalue weighted by molar-refractivity contribution is 7.71. The van der Waals surface area contributed by atoms with Gasteiger partial charge in [0, 0.05) is 13.1 Å². The Morgan fingerprint density at radius 1 is 1.15 bits per heavy atom. The van der Waals surface area contributed by atoms with E-state index < -0.39 is 0 Å². The molecular formula is C14H18ClN3OS. The van der Waals surface area contributed by atoms with Crippen LogP contribution in [-0.2, 0) is 6.54 Å². The molecule has 4 nitrogen and oxygen atoms in total. The third-order valence-corrected chi connectivity index (χ3v) is 4.05. The highest BCUT2D eigenvalue weighted by atomic mass is 35.5. The summed E-state index contributed by atoms with van der Waals surface area (Å²) >= 11 is 5.30. The van der Waals surface area contributed by atoms with Gasteiger partial charge < -0.3 is 9.88 Å². The highest BCUT2D eigenvalue weighted by Gasteiger charge is 2.12. The number of benzene rings is 1. The highest BCUT2D eigenvalue weighted by Crippen LogP contribution is 2.08. The van der Waals surface area contributed by atoms with Crippen LogP contribution in [0.25, 0.3) is 10.9 Å². The SMILES string of the molecule is Cl.O=c1c2ccccc2[nH]c(=S)n1CCN1CCCC1. The molecule has 1 N–H and O–H groups in total. The maximum absolute atomic E-state index is 12.4. The molecule has 1 aliphatic heterocycles. The van der Waals surface area contributed by atoms with Crippen molar-refractivity contribution >= 4 is 35.5 Å². The number of likely N-dealkylation sites (tertiary alicyclic amines) is 1. The molecule has 0 spiro atoms. The normalized spacial score (nSPS) is 15.4. The third-order valence-electron chi connectivity index (χ3n) is 3.73. The van der Waals surface area contributed by atoms with Crippen LogP contribution >= 0.6 is 24.6 Å². The zero-order valence-electron chi connectivity index (χ0n) is 11.2. The molecule has 0 unspecified atom stereocenters. The predicted octanol–water partition coefficient (Wildman–Crippen LogP) is 2.58. The van der Waals surface area contributed by atoms with Crippen LogP contribution in [0.3, 0.4) is 0 Å². The maximum atomic E-state index is 12.4. The second-order valence-electron chi connectivity index (χ2n) is 4.98. The topological polar surface area (TPSA) is 41.0 Å². The van der Waals surface area contributed by atoms with Gasteiger partial charge in [-0.1, -0.05) is 12.1 Å². The van der Waals surface area contributed by atoms with Gasteiger partial charge in [-0.15, -0.1) is 12.4 Å². The molecule has 1 saturated heterocycles. The van der Waals surface area contributed by atoms with Gasteiger partial charge in [-0.05, 0) is 50.3 Å². The Kier molecular flexibility index (Phi) is 4.96. The quantitative estimate of drug-likeness (QED) is 0.886. The number of hydrogen-bond acceptors (Lipinski definition) is 3. The smallest absolute Gasteiger partial charge is 0.262 e. The van der Waals surface area contributed by atoms with E-state index in [0.29, 0.717) is 16.7 Å². The molecule has 0 amide bonds. The summed E-state index contributed by atoms with van der Waals surface area (Å²) in [7, 11) is 0. The van der Waals surface area contributed by atoms with Gasteiger partial charge in [0.2, 0.25) is 0 Å². The van der Waals surface area contributed by atoms with E-state index in [2.05, 4.69) is 9.88 Å². The molecule has 1 fully saturated rings. The first-order valence-corrected chi connectivity index (χ1v) is 7.11. The summed E-state index contributed by atoms with van der Waals surface area (Å²) in [5.41, 5.74) is 0.827. The fourth-order valence-electron chi connectivity index (χ4n) is 2.65. The standard InChI is InChI=1S/C14H17N3OS.ClH/c18-13-11-5-1-2-6-12(11)15-14(19)17(13)10-9-16-7-3-4-8-16;/h1-2,5-6H,3-4,7-10H2,(H,15,19);1H. The van der Waals surface area contributed by atoms with Gasteiger partial charge in [0.25, 0.3) is 5.56 Å². The fourth-order valence-corrected chi connectivity index (χ4v) is 2.93. The van der Waals surface area contributed by atoms with Crippen LogP contribution in [0, 0.1) is 4.77 Å². The van der Waals surface area contributed by atoms with Crippen LogP contribution in [0.1, 0.15) is 12.8 Å². The summed E-state index contributed by atoms with van der Waals surface area (Å²) in [5, 5.41) is 0.706. The Morgan fingerprint density at radius 2 is 1.85 bits per heavy atom. The van der Waals surface area contributed by atoms with Gasteiger partial charge in [-0.2, -0.15) is 0 Å². The van der Waals surface area contributed by atoms with Crippen molar-refractivity contribution in [2.45, 2.75) is 19.4 Å². The predicted molar refractivity (Wildman–Crippen MR) is 86.3 cm³/mol. The number of aromatic nitrogens is 2. The third kappa shape index (κ3) is 2.95. The molecule has 2 heterocycles. The van der Waals surface area contributed by atoms with Crippen LogP contribution in [0.2, 0.25) is 0 Å². The molecule has 0 saturated carbocycles. The number of fused-ring (bicyclic) bond motifs is 1. The van der Waals surface area contributed by atoms with Crippen molar-refractivity contribution in [1.29, 1.82) is 0 Å². The van der Waals surface area contributed by atoms with Crippen molar-refractivity contribution < 1.29 is 0 Å².